The smallest absolute Gasteiger partial charge is 0.244 e. The molecule has 0 fully saturated rings. The van der Waals surface area contributed by atoms with Gasteiger partial charge in [0.25, 0.3) is 0 Å². The highest BCUT2D eigenvalue weighted by Crippen LogP contribution is 2.29. The number of ether oxygens (including phenoxy) is 1. The van der Waals surface area contributed by atoms with E-state index in [4.69, 9.17) is 4.74 Å². The quantitative estimate of drug-likeness (QED) is 0.632. The average Bonchev–Trinajstić information content (AvgIpc) is 2.74. The number of carbonyl (C=O) groups is 2. The van der Waals surface area contributed by atoms with E-state index in [1.54, 1.807) is 17.0 Å². The molecule has 152 valence electrons. The summed E-state index contributed by atoms with van der Waals surface area (Å²) in [5, 5.41) is 2.88. The molecule has 3 rings (SSSR count). The molecule has 2 aromatic carbocycles. The van der Waals surface area contributed by atoms with Crippen LogP contribution in [0.15, 0.2) is 66.2 Å². The molecule has 5 heteroatoms. The van der Waals surface area contributed by atoms with Gasteiger partial charge in [-0.3, -0.25) is 9.59 Å². The van der Waals surface area contributed by atoms with Crippen LogP contribution in [0.25, 0.3) is 0 Å². The fourth-order valence-corrected chi connectivity index (χ4v) is 3.40. The van der Waals surface area contributed by atoms with Gasteiger partial charge in [0.15, 0.2) is 5.75 Å². The molecule has 1 aliphatic carbocycles. The first-order chi connectivity index (χ1) is 14.1. The second-order valence-corrected chi connectivity index (χ2v) is 7.26. The summed E-state index contributed by atoms with van der Waals surface area (Å²) >= 11 is 0. The molecule has 0 unspecified atom stereocenters. The van der Waals surface area contributed by atoms with E-state index in [-0.39, 0.29) is 18.4 Å². The fraction of sp³-hybridized carbons (Fsp3) is 0.333. The molecule has 0 aliphatic heterocycles. The van der Waals surface area contributed by atoms with Gasteiger partial charge < -0.3 is 15.0 Å². The molecule has 5 nitrogen and oxygen atoms in total. The third-order valence-electron chi connectivity index (χ3n) is 5.00. The van der Waals surface area contributed by atoms with E-state index in [2.05, 4.69) is 11.4 Å². The molecule has 1 aliphatic rings. The number of hydrogen-bond donors (Lipinski definition) is 1. The number of rotatable bonds is 8. The number of benzene rings is 2. The first kappa shape index (κ1) is 20.6. The van der Waals surface area contributed by atoms with Crippen LogP contribution < -0.4 is 10.1 Å². The van der Waals surface area contributed by atoms with E-state index >= 15 is 0 Å². The van der Waals surface area contributed by atoms with Crippen molar-refractivity contribution < 1.29 is 14.3 Å². The van der Waals surface area contributed by atoms with Gasteiger partial charge in [0.1, 0.15) is 5.75 Å². The van der Waals surface area contributed by atoms with Crippen molar-refractivity contribution >= 4 is 17.5 Å². The number of allylic oxidation sites excluding steroid dienone is 1. The van der Waals surface area contributed by atoms with Crippen LogP contribution >= 0.6 is 0 Å². The van der Waals surface area contributed by atoms with Crippen LogP contribution in [-0.4, -0.2) is 29.8 Å². The Morgan fingerprint density at radius 3 is 2.52 bits per heavy atom. The number of amides is 2. The Morgan fingerprint density at radius 2 is 1.79 bits per heavy atom. The van der Waals surface area contributed by atoms with Crippen molar-refractivity contribution in [2.75, 3.05) is 18.4 Å². The average molecular weight is 392 g/mol. The lowest BCUT2D eigenvalue weighted by Crippen LogP contribution is -2.37. The molecule has 1 N–H and O–H groups in total. The van der Waals surface area contributed by atoms with Gasteiger partial charge in [0.2, 0.25) is 11.8 Å². The zero-order valence-electron chi connectivity index (χ0n) is 16.9. The summed E-state index contributed by atoms with van der Waals surface area (Å²) in [4.78, 5) is 26.2. The minimum absolute atomic E-state index is 0.0300. The van der Waals surface area contributed by atoms with E-state index < -0.39 is 0 Å². The standard InChI is InChI=1S/C24H28N2O3/c1-19(27)26(17-16-20-10-4-2-5-11-20)18-24(28)25-22-14-8-9-15-23(22)29-21-12-6-3-7-13-21/h3,6-10,12-15H,2,4-5,11,16-18H2,1H3,(H,25,28). The Morgan fingerprint density at radius 1 is 1.03 bits per heavy atom. The van der Waals surface area contributed by atoms with E-state index in [0.717, 1.165) is 19.3 Å². The van der Waals surface area contributed by atoms with Gasteiger partial charge in [0.05, 0.1) is 12.2 Å². The van der Waals surface area contributed by atoms with Crippen molar-refractivity contribution in [2.24, 2.45) is 0 Å². The van der Waals surface area contributed by atoms with E-state index in [0.29, 0.717) is 23.7 Å². The topological polar surface area (TPSA) is 58.6 Å². The lowest BCUT2D eigenvalue weighted by molar-refractivity contribution is -0.132. The number of carbonyl (C=O) groups excluding carboxylic acids is 2. The van der Waals surface area contributed by atoms with Crippen molar-refractivity contribution in [3.63, 3.8) is 0 Å². The van der Waals surface area contributed by atoms with Crippen molar-refractivity contribution in [2.45, 2.75) is 39.0 Å². The minimum atomic E-state index is -0.234. The highest BCUT2D eigenvalue weighted by Gasteiger charge is 2.16. The summed E-state index contributed by atoms with van der Waals surface area (Å²) in [6.07, 6.45) is 7.78. The van der Waals surface area contributed by atoms with Gasteiger partial charge in [-0.1, -0.05) is 42.0 Å². The normalized spacial score (nSPS) is 13.3. The van der Waals surface area contributed by atoms with Crippen LogP contribution in [0, 0.1) is 0 Å². The molecule has 2 aromatic rings. The molecule has 0 heterocycles. The maximum Gasteiger partial charge on any atom is 0.244 e. The number of anilines is 1. The summed E-state index contributed by atoms with van der Waals surface area (Å²) in [6.45, 7) is 2.11. The van der Waals surface area contributed by atoms with Crippen molar-refractivity contribution in [1.29, 1.82) is 0 Å². The Bertz CT molecular complexity index is 861. The summed E-state index contributed by atoms with van der Waals surface area (Å²) in [7, 11) is 0. The SMILES string of the molecule is CC(=O)N(CCC1=CCCCC1)CC(=O)Nc1ccccc1Oc1ccccc1. The van der Waals surface area contributed by atoms with Gasteiger partial charge in [-0.25, -0.2) is 0 Å². The van der Waals surface area contributed by atoms with E-state index in [1.807, 2.05) is 42.5 Å². The molecule has 0 spiro atoms. The van der Waals surface area contributed by atoms with Crippen molar-refractivity contribution in [3.05, 3.63) is 66.2 Å². The summed E-state index contributed by atoms with van der Waals surface area (Å²) in [5.74, 6) is 0.932. The molecular weight excluding hydrogens is 364 g/mol. The molecule has 0 bridgehead atoms. The predicted molar refractivity (Wildman–Crippen MR) is 115 cm³/mol. The Balaban J connectivity index is 1.60. The maximum atomic E-state index is 12.6. The molecular formula is C24H28N2O3. The molecule has 29 heavy (non-hydrogen) atoms. The Labute approximate surface area is 172 Å². The monoisotopic (exact) mass is 392 g/mol. The molecule has 0 atom stereocenters. The van der Waals surface area contributed by atoms with Crippen molar-refractivity contribution in [1.82, 2.24) is 4.90 Å². The van der Waals surface area contributed by atoms with Gasteiger partial charge in [-0.05, 0) is 56.4 Å². The first-order valence-corrected chi connectivity index (χ1v) is 10.2. The Hall–Kier alpha value is -3.08. The summed E-state index contributed by atoms with van der Waals surface area (Å²) < 4.78 is 5.89. The first-order valence-electron chi connectivity index (χ1n) is 10.2. The lowest BCUT2D eigenvalue weighted by Gasteiger charge is -2.22. The third kappa shape index (κ3) is 6.49. The molecule has 0 radical (unpaired) electrons. The second-order valence-electron chi connectivity index (χ2n) is 7.26. The van der Waals surface area contributed by atoms with Crippen LogP contribution in [0.5, 0.6) is 11.5 Å². The van der Waals surface area contributed by atoms with Gasteiger partial charge in [-0.15, -0.1) is 0 Å². The summed E-state index contributed by atoms with van der Waals surface area (Å²) in [6, 6.07) is 16.7. The lowest BCUT2D eigenvalue weighted by atomic mass is 9.97. The van der Waals surface area contributed by atoms with E-state index in [9.17, 15) is 9.59 Å². The van der Waals surface area contributed by atoms with Crippen LogP contribution in [0.2, 0.25) is 0 Å². The molecule has 2 amide bonds. The summed E-state index contributed by atoms with van der Waals surface area (Å²) in [5.41, 5.74) is 1.98. The number of para-hydroxylation sites is 3. The maximum absolute atomic E-state index is 12.6. The number of nitrogens with zero attached hydrogens (tertiary/aromatic N) is 1. The zero-order valence-corrected chi connectivity index (χ0v) is 16.9. The van der Waals surface area contributed by atoms with Crippen LogP contribution in [0.1, 0.15) is 39.0 Å². The minimum Gasteiger partial charge on any atom is -0.455 e. The zero-order chi connectivity index (χ0) is 20.5. The molecule has 0 saturated heterocycles. The van der Waals surface area contributed by atoms with Gasteiger partial charge in [0, 0.05) is 13.5 Å². The highest BCUT2D eigenvalue weighted by molar-refractivity contribution is 5.95. The van der Waals surface area contributed by atoms with E-state index in [1.165, 1.54) is 25.3 Å². The van der Waals surface area contributed by atoms with Crippen LogP contribution in [0.3, 0.4) is 0 Å². The number of hydrogen-bond acceptors (Lipinski definition) is 3. The second kappa shape index (κ2) is 10.5. The van der Waals surface area contributed by atoms with Crippen LogP contribution in [0.4, 0.5) is 5.69 Å². The van der Waals surface area contributed by atoms with Crippen LogP contribution in [-0.2, 0) is 9.59 Å². The molecule has 0 aromatic heterocycles. The van der Waals surface area contributed by atoms with Gasteiger partial charge >= 0.3 is 0 Å². The predicted octanol–water partition coefficient (Wildman–Crippen LogP) is 5.16. The van der Waals surface area contributed by atoms with Gasteiger partial charge in [-0.2, -0.15) is 0 Å². The number of nitrogens with one attached hydrogen (secondary N) is 1. The Kier molecular flexibility index (Phi) is 7.45. The fourth-order valence-electron chi connectivity index (χ4n) is 3.40. The highest BCUT2D eigenvalue weighted by atomic mass is 16.5. The largest absolute Gasteiger partial charge is 0.455 e. The van der Waals surface area contributed by atoms with Crippen molar-refractivity contribution in [3.8, 4) is 11.5 Å². The molecule has 0 saturated carbocycles. The third-order valence-corrected chi connectivity index (χ3v) is 5.00.